The summed E-state index contributed by atoms with van der Waals surface area (Å²) in [4.78, 5) is 45.3. The van der Waals surface area contributed by atoms with Crippen LogP contribution in [0.25, 0.3) is 0 Å². The maximum absolute atomic E-state index is 13.9. The minimum absolute atomic E-state index is 0.0508. The van der Waals surface area contributed by atoms with Crippen LogP contribution in [0.1, 0.15) is 34.3 Å². The monoisotopic (exact) mass is 596 g/mol. The van der Waals surface area contributed by atoms with E-state index >= 15 is 0 Å². The molecule has 0 radical (unpaired) electrons. The normalized spacial score (nSPS) is 13.9. The summed E-state index contributed by atoms with van der Waals surface area (Å²) in [5.74, 6) is -0.952. The van der Waals surface area contributed by atoms with Crippen molar-refractivity contribution in [3.63, 3.8) is 0 Å². The molecule has 0 spiro atoms. The van der Waals surface area contributed by atoms with Gasteiger partial charge >= 0.3 is 137 Å². The van der Waals surface area contributed by atoms with Gasteiger partial charge in [0.1, 0.15) is 0 Å². The summed E-state index contributed by atoms with van der Waals surface area (Å²) in [5.41, 5.74) is 3.63. The first-order chi connectivity index (χ1) is 21.4. The molecule has 4 rings (SSSR count). The van der Waals surface area contributed by atoms with Crippen LogP contribution >= 0.6 is 0 Å². The molecular weight excluding hydrogens is 555 g/mol. The molecule has 1 N–H and O–H groups in total. The summed E-state index contributed by atoms with van der Waals surface area (Å²) < 4.78 is 15.8. The second-order valence-electron chi connectivity index (χ2n) is 11.0. The molecule has 3 aromatic carbocycles. The van der Waals surface area contributed by atoms with E-state index in [1.54, 1.807) is 11.0 Å². The van der Waals surface area contributed by atoms with Crippen molar-refractivity contribution in [1.82, 2.24) is 15.1 Å². The van der Waals surface area contributed by atoms with Crippen LogP contribution in [0.4, 0.5) is 5.69 Å². The van der Waals surface area contributed by atoms with Crippen molar-refractivity contribution >= 4 is 30.6 Å². The van der Waals surface area contributed by atoms with Crippen LogP contribution in [0, 0.1) is 0 Å². The Labute approximate surface area is 260 Å². The molecule has 0 aromatic heterocycles. The number of carbonyl (C=O) groups excluding carboxylic acids is 3. The molecular formula is C34H41BN4O5. The molecule has 1 saturated heterocycles. The fraction of sp³-hybridized carbons (Fsp3) is 0.382. The van der Waals surface area contributed by atoms with E-state index < -0.39 is 12.0 Å². The number of rotatable bonds is 15. The van der Waals surface area contributed by atoms with Gasteiger partial charge in [0.2, 0.25) is 0 Å². The van der Waals surface area contributed by atoms with Gasteiger partial charge in [0, 0.05) is 6.04 Å². The van der Waals surface area contributed by atoms with Crippen LogP contribution < -0.4 is 10.2 Å². The van der Waals surface area contributed by atoms with E-state index in [9.17, 15) is 19.1 Å². The first kappa shape index (κ1) is 32.6. The SMILES string of the molecule is COC(=O)C[C@@H](CCc1ccccc1)NC(=O)CN(CCc1ccccc1)C(=O)c1cccc(N2CCN(CB=O)CC2)c1. The average molecular weight is 597 g/mol. The van der Waals surface area contributed by atoms with Crippen LogP contribution in [0.2, 0.25) is 0 Å². The zero-order valence-electron chi connectivity index (χ0n) is 25.4. The second kappa shape index (κ2) is 17.1. The maximum atomic E-state index is 13.9. The number of ether oxygens (including phenoxy) is 1. The van der Waals surface area contributed by atoms with Crippen LogP contribution in [0.15, 0.2) is 84.9 Å². The molecule has 1 aliphatic rings. The molecule has 44 heavy (non-hydrogen) atoms. The molecule has 9 nitrogen and oxygen atoms in total. The Bertz CT molecular complexity index is 1370. The molecule has 0 bridgehead atoms. The number of nitrogens with one attached hydrogen (secondary N) is 1. The summed E-state index contributed by atoms with van der Waals surface area (Å²) in [6.07, 6.45) is 2.32. The zero-order valence-corrected chi connectivity index (χ0v) is 25.4. The summed E-state index contributed by atoms with van der Waals surface area (Å²) in [7, 11) is 2.26. The van der Waals surface area contributed by atoms with E-state index in [-0.39, 0.29) is 24.8 Å². The van der Waals surface area contributed by atoms with Crippen molar-refractivity contribution < 1.29 is 23.8 Å². The van der Waals surface area contributed by atoms with E-state index in [0.717, 1.165) is 50.1 Å². The molecule has 2 amide bonds. The standard InChI is InChI=1S/C34H41BN4O5/c1-44-33(41)24-30(16-15-27-9-4-2-5-10-27)36-32(40)25-39(18-17-28-11-6-3-7-12-28)34(42)29-13-8-14-31(23-29)38-21-19-37(20-22-38)26-35-43/h2-14,23,30H,15-22,24-26H2,1H3,(H,36,40)/t30-/m1/s1. The van der Waals surface area contributed by atoms with Crippen LogP contribution in [-0.4, -0.2) is 93.6 Å². The Kier molecular flexibility index (Phi) is 12.7. The van der Waals surface area contributed by atoms with Gasteiger partial charge < -0.3 is 10.1 Å². The topological polar surface area (TPSA) is 99.3 Å². The van der Waals surface area contributed by atoms with Gasteiger partial charge in [0.05, 0.1) is 13.5 Å². The predicted molar refractivity (Wildman–Crippen MR) is 171 cm³/mol. The van der Waals surface area contributed by atoms with Crippen molar-refractivity contribution in [2.75, 3.05) is 57.7 Å². The number of methoxy groups -OCH3 is 1. The molecule has 1 fully saturated rings. The summed E-state index contributed by atoms with van der Waals surface area (Å²) >= 11 is 0. The van der Waals surface area contributed by atoms with E-state index in [2.05, 4.69) is 15.1 Å². The predicted octanol–water partition coefficient (Wildman–Crippen LogP) is 3.18. The first-order valence-electron chi connectivity index (χ1n) is 15.2. The fourth-order valence-electron chi connectivity index (χ4n) is 5.42. The minimum atomic E-state index is -0.428. The Balaban J connectivity index is 1.46. The summed E-state index contributed by atoms with van der Waals surface area (Å²) in [6.45, 7) is 3.29. The van der Waals surface area contributed by atoms with Gasteiger partial charge in [-0.05, 0) is 24.0 Å². The molecule has 0 saturated carbocycles. The van der Waals surface area contributed by atoms with Gasteiger partial charge in [-0.3, -0.25) is 9.59 Å². The number of piperazine rings is 1. The number of esters is 1. The van der Waals surface area contributed by atoms with Crippen LogP contribution in [0.5, 0.6) is 0 Å². The number of nitrogens with zero attached hydrogens (tertiary/aromatic N) is 3. The van der Waals surface area contributed by atoms with Gasteiger partial charge in [-0.2, -0.15) is 0 Å². The Morgan fingerprint density at radius 2 is 1.55 bits per heavy atom. The molecule has 1 atom stereocenters. The number of aryl methyl sites for hydroxylation is 1. The summed E-state index contributed by atoms with van der Waals surface area (Å²) in [5, 5.41) is 2.99. The van der Waals surface area contributed by atoms with Crippen molar-refractivity contribution in [2.45, 2.75) is 31.7 Å². The number of benzene rings is 3. The zero-order chi connectivity index (χ0) is 31.1. The van der Waals surface area contributed by atoms with E-state index in [1.165, 1.54) is 7.11 Å². The molecule has 10 heteroatoms. The molecule has 0 aliphatic carbocycles. The van der Waals surface area contributed by atoms with Crippen LogP contribution in [-0.2, 0) is 31.9 Å². The third-order valence-corrected chi connectivity index (χ3v) is 7.93. The number of hydrogen-bond donors (Lipinski definition) is 1. The molecule has 0 unspecified atom stereocenters. The molecule has 3 aromatic rings. The van der Waals surface area contributed by atoms with Crippen molar-refractivity contribution in [1.29, 1.82) is 0 Å². The third-order valence-electron chi connectivity index (χ3n) is 7.93. The van der Waals surface area contributed by atoms with Gasteiger partial charge in [-0.25, -0.2) is 0 Å². The molecule has 1 heterocycles. The Hall–Kier alpha value is -4.31. The van der Waals surface area contributed by atoms with Gasteiger partial charge in [-0.15, -0.1) is 0 Å². The number of hydrogen-bond acceptors (Lipinski definition) is 7. The average Bonchev–Trinajstić information content (AvgIpc) is 3.06. The quantitative estimate of drug-likeness (QED) is 0.213. The number of anilines is 1. The second-order valence-corrected chi connectivity index (χ2v) is 11.0. The number of amides is 2. The van der Waals surface area contributed by atoms with Crippen molar-refractivity contribution in [3.8, 4) is 0 Å². The molecule has 230 valence electrons. The van der Waals surface area contributed by atoms with Crippen molar-refractivity contribution in [2.24, 2.45) is 0 Å². The fourth-order valence-corrected chi connectivity index (χ4v) is 5.42. The molecule has 1 aliphatic heterocycles. The van der Waals surface area contributed by atoms with Crippen LogP contribution in [0.3, 0.4) is 0 Å². The van der Waals surface area contributed by atoms with Crippen molar-refractivity contribution in [3.05, 3.63) is 102 Å². The third kappa shape index (κ3) is 10.2. The van der Waals surface area contributed by atoms with E-state index in [4.69, 9.17) is 4.74 Å². The summed E-state index contributed by atoms with van der Waals surface area (Å²) in [6, 6.07) is 26.8. The number of carbonyl (C=O) groups is 3. The van der Waals surface area contributed by atoms with E-state index in [0.29, 0.717) is 37.8 Å². The van der Waals surface area contributed by atoms with E-state index in [1.807, 2.05) is 78.9 Å². The first-order valence-corrected chi connectivity index (χ1v) is 15.2. The van der Waals surface area contributed by atoms with Gasteiger partial charge in [-0.1, -0.05) is 60.7 Å². The Morgan fingerprint density at radius 3 is 2.18 bits per heavy atom. The Morgan fingerprint density at radius 1 is 0.886 bits per heavy atom. The van der Waals surface area contributed by atoms with Gasteiger partial charge in [0.25, 0.3) is 0 Å². The van der Waals surface area contributed by atoms with Gasteiger partial charge in [0.15, 0.2) is 0 Å².